The number of benzene rings is 2. The van der Waals surface area contributed by atoms with Crippen molar-refractivity contribution in [1.82, 2.24) is 10.2 Å². The Labute approximate surface area is 187 Å². The van der Waals surface area contributed by atoms with Crippen LogP contribution in [0.15, 0.2) is 48.5 Å². The molecule has 0 radical (unpaired) electrons. The number of carboxylic acid groups (broad SMARTS) is 1. The van der Waals surface area contributed by atoms with Crippen molar-refractivity contribution in [2.24, 2.45) is 0 Å². The first-order chi connectivity index (χ1) is 15.5. The molecule has 4 rings (SSSR count). The minimum absolute atomic E-state index is 0.0277. The van der Waals surface area contributed by atoms with E-state index < -0.39 is 17.6 Å². The summed E-state index contributed by atoms with van der Waals surface area (Å²) in [5, 5.41) is 12.3. The van der Waals surface area contributed by atoms with Crippen LogP contribution in [0.5, 0.6) is 0 Å². The number of nitrogens with one attached hydrogen (secondary N) is 1. The molecule has 7 nitrogen and oxygen atoms in total. The zero-order chi connectivity index (χ0) is 22.7. The molecule has 2 amide bonds. The molecule has 0 aromatic heterocycles. The number of carbonyl (C=O) groups excluding carboxylic acids is 2. The summed E-state index contributed by atoms with van der Waals surface area (Å²) in [4.78, 5) is 38.1. The van der Waals surface area contributed by atoms with Gasteiger partial charge in [-0.3, -0.25) is 4.79 Å². The Hall–Kier alpha value is -3.35. The zero-order valence-electron chi connectivity index (χ0n) is 18.2. The summed E-state index contributed by atoms with van der Waals surface area (Å²) >= 11 is 0. The van der Waals surface area contributed by atoms with E-state index >= 15 is 0 Å². The molecule has 0 saturated carbocycles. The fourth-order valence-electron chi connectivity index (χ4n) is 5.04. The van der Waals surface area contributed by atoms with Crippen LogP contribution in [0.4, 0.5) is 4.79 Å². The van der Waals surface area contributed by atoms with Gasteiger partial charge in [-0.15, -0.1) is 0 Å². The average molecular weight is 437 g/mol. The zero-order valence-corrected chi connectivity index (χ0v) is 18.2. The van der Waals surface area contributed by atoms with Crippen LogP contribution in [0.3, 0.4) is 0 Å². The number of ether oxygens (including phenoxy) is 1. The highest BCUT2D eigenvalue weighted by atomic mass is 16.5. The number of alkyl carbamates (subject to hydrolysis) is 1. The lowest BCUT2D eigenvalue weighted by atomic mass is 9.93. The van der Waals surface area contributed by atoms with Gasteiger partial charge >= 0.3 is 12.1 Å². The van der Waals surface area contributed by atoms with Gasteiger partial charge in [-0.1, -0.05) is 55.5 Å². The normalized spacial score (nSPS) is 19.3. The molecule has 1 unspecified atom stereocenters. The first-order valence-corrected chi connectivity index (χ1v) is 11.1. The number of hydrogen-bond acceptors (Lipinski definition) is 4. The molecule has 32 heavy (non-hydrogen) atoms. The highest BCUT2D eigenvalue weighted by molar-refractivity contribution is 5.88. The fraction of sp³-hybridized carbons (Fsp3) is 0.400. The van der Waals surface area contributed by atoms with E-state index in [1.54, 1.807) is 6.92 Å². The first kappa shape index (κ1) is 21.9. The molecule has 1 atom stereocenters. The van der Waals surface area contributed by atoms with Crippen molar-refractivity contribution in [2.75, 3.05) is 19.7 Å². The molecule has 0 spiro atoms. The van der Waals surface area contributed by atoms with Gasteiger partial charge < -0.3 is 20.1 Å². The number of carboxylic acids is 1. The van der Waals surface area contributed by atoms with E-state index in [0.717, 1.165) is 22.3 Å². The SMILES string of the molecule is CCC1(C(=O)O)CCCN1C(=O)CCNC(=O)OCC1c2ccccc2-c2ccccc21. The van der Waals surface area contributed by atoms with Crippen LogP contribution in [0.1, 0.15) is 49.7 Å². The van der Waals surface area contributed by atoms with Gasteiger partial charge in [0.2, 0.25) is 5.91 Å². The van der Waals surface area contributed by atoms with Crippen molar-refractivity contribution in [3.05, 3.63) is 59.7 Å². The van der Waals surface area contributed by atoms with Crippen LogP contribution in [0, 0.1) is 0 Å². The molecule has 2 aromatic carbocycles. The van der Waals surface area contributed by atoms with Gasteiger partial charge in [0.05, 0.1) is 0 Å². The molecule has 2 N–H and O–H groups in total. The van der Waals surface area contributed by atoms with Gasteiger partial charge in [-0.2, -0.15) is 0 Å². The van der Waals surface area contributed by atoms with Crippen LogP contribution in [-0.4, -0.2) is 53.2 Å². The maximum atomic E-state index is 12.6. The molecular weight excluding hydrogens is 408 g/mol. The molecule has 168 valence electrons. The Bertz CT molecular complexity index is 991. The number of hydrogen-bond donors (Lipinski definition) is 2. The largest absolute Gasteiger partial charge is 0.479 e. The number of carbonyl (C=O) groups is 3. The Morgan fingerprint density at radius 1 is 1.09 bits per heavy atom. The van der Waals surface area contributed by atoms with Gasteiger partial charge in [0.15, 0.2) is 0 Å². The van der Waals surface area contributed by atoms with Gasteiger partial charge in [0.1, 0.15) is 12.1 Å². The maximum absolute atomic E-state index is 12.6. The summed E-state index contributed by atoms with van der Waals surface area (Å²) in [7, 11) is 0. The number of fused-ring (bicyclic) bond motifs is 3. The maximum Gasteiger partial charge on any atom is 0.407 e. The van der Waals surface area contributed by atoms with E-state index in [2.05, 4.69) is 29.6 Å². The molecule has 1 aliphatic heterocycles. The van der Waals surface area contributed by atoms with Gasteiger partial charge in [0, 0.05) is 25.4 Å². The van der Waals surface area contributed by atoms with Crippen molar-refractivity contribution >= 4 is 18.0 Å². The van der Waals surface area contributed by atoms with Crippen LogP contribution >= 0.6 is 0 Å². The number of aliphatic carboxylic acids is 1. The van der Waals surface area contributed by atoms with E-state index in [-0.39, 0.29) is 31.4 Å². The lowest BCUT2D eigenvalue weighted by Gasteiger charge is -2.34. The van der Waals surface area contributed by atoms with Gasteiger partial charge in [0.25, 0.3) is 0 Å². The molecule has 2 aromatic rings. The second kappa shape index (κ2) is 9.02. The van der Waals surface area contributed by atoms with Crippen molar-refractivity contribution in [2.45, 2.75) is 44.1 Å². The van der Waals surface area contributed by atoms with Gasteiger partial charge in [-0.05, 0) is 41.5 Å². The monoisotopic (exact) mass is 436 g/mol. The highest BCUT2D eigenvalue weighted by Gasteiger charge is 2.48. The molecule has 7 heteroatoms. The summed E-state index contributed by atoms with van der Waals surface area (Å²) < 4.78 is 5.48. The Morgan fingerprint density at radius 3 is 2.31 bits per heavy atom. The van der Waals surface area contributed by atoms with E-state index in [1.165, 1.54) is 4.90 Å². The van der Waals surface area contributed by atoms with Gasteiger partial charge in [-0.25, -0.2) is 9.59 Å². The third-order valence-corrected chi connectivity index (χ3v) is 6.72. The first-order valence-electron chi connectivity index (χ1n) is 11.1. The summed E-state index contributed by atoms with van der Waals surface area (Å²) in [6.07, 6.45) is 0.962. The molecule has 2 aliphatic rings. The summed E-state index contributed by atoms with van der Waals surface area (Å²) in [5.41, 5.74) is 3.46. The van der Waals surface area contributed by atoms with E-state index in [0.29, 0.717) is 25.8 Å². The molecule has 1 heterocycles. The number of amides is 2. The Kier molecular flexibility index (Phi) is 6.17. The Morgan fingerprint density at radius 2 is 1.72 bits per heavy atom. The van der Waals surface area contributed by atoms with Crippen LogP contribution in [0.25, 0.3) is 11.1 Å². The third kappa shape index (κ3) is 3.83. The quantitative estimate of drug-likeness (QED) is 0.689. The lowest BCUT2D eigenvalue weighted by Crippen LogP contribution is -2.53. The van der Waals surface area contributed by atoms with Crippen molar-refractivity contribution in [1.29, 1.82) is 0 Å². The van der Waals surface area contributed by atoms with Crippen LogP contribution in [-0.2, 0) is 14.3 Å². The number of rotatable bonds is 7. The van der Waals surface area contributed by atoms with E-state index in [9.17, 15) is 19.5 Å². The minimum atomic E-state index is -1.12. The third-order valence-electron chi connectivity index (χ3n) is 6.72. The van der Waals surface area contributed by atoms with Crippen LogP contribution < -0.4 is 5.32 Å². The summed E-state index contributed by atoms with van der Waals surface area (Å²) in [6, 6.07) is 16.2. The molecule has 1 saturated heterocycles. The minimum Gasteiger partial charge on any atom is -0.479 e. The second-order valence-corrected chi connectivity index (χ2v) is 8.34. The fourth-order valence-corrected chi connectivity index (χ4v) is 5.04. The number of nitrogens with zero attached hydrogens (tertiary/aromatic N) is 1. The molecular formula is C25H28N2O5. The smallest absolute Gasteiger partial charge is 0.407 e. The van der Waals surface area contributed by atoms with Crippen molar-refractivity contribution in [3.63, 3.8) is 0 Å². The molecule has 1 aliphatic carbocycles. The summed E-state index contributed by atoms with van der Waals surface area (Å²) in [6.45, 7) is 2.53. The van der Waals surface area contributed by atoms with Crippen molar-refractivity contribution in [3.8, 4) is 11.1 Å². The van der Waals surface area contributed by atoms with E-state index in [4.69, 9.17) is 4.74 Å². The molecule has 1 fully saturated rings. The average Bonchev–Trinajstić information content (AvgIpc) is 3.38. The predicted molar refractivity (Wildman–Crippen MR) is 119 cm³/mol. The topological polar surface area (TPSA) is 95.9 Å². The number of likely N-dealkylation sites (tertiary alicyclic amines) is 1. The standard InChI is InChI=1S/C25H28N2O5/c1-2-25(23(29)30)13-7-15-27(25)22(28)12-14-26-24(31)32-16-21-19-10-5-3-8-17(19)18-9-4-6-11-20(18)21/h3-6,8-11,21H,2,7,12-16H2,1H3,(H,26,31)(H,29,30). The molecule has 0 bridgehead atoms. The predicted octanol–water partition coefficient (Wildman–Crippen LogP) is 3.77. The highest BCUT2D eigenvalue weighted by Crippen LogP contribution is 2.44. The van der Waals surface area contributed by atoms with Crippen molar-refractivity contribution < 1.29 is 24.2 Å². The van der Waals surface area contributed by atoms with E-state index in [1.807, 2.05) is 24.3 Å². The van der Waals surface area contributed by atoms with Crippen LogP contribution in [0.2, 0.25) is 0 Å². The summed E-state index contributed by atoms with van der Waals surface area (Å²) in [5.74, 6) is -1.25. The second-order valence-electron chi connectivity index (χ2n) is 8.34. The lowest BCUT2D eigenvalue weighted by molar-refractivity contribution is -0.156. The Balaban J connectivity index is 1.30.